The second-order valence-electron chi connectivity index (χ2n) is 7.65. The van der Waals surface area contributed by atoms with Crippen molar-refractivity contribution in [3.05, 3.63) is 40.4 Å². The topological polar surface area (TPSA) is 68.5 Å². The zero-order valence-corrected chi connectivity index (χ0v) is 17.3. The molecule has 0 unspecified atom stereocenters. The number of aromatic nitrogens is 3. The quantitative estimate of drug-likeness (QED) is 0.633. The number of hydrogen-bond donors (Lipinski definition) is 1. The number of thiazole rings is 1. The smallest absolute Gasteiger partial charge is 0.250 e. The van der Waals surface area contributed by atoms with Crippen molar-refractivity contribution in [3.8, 4) is 5.75 Å². The molecule has 6 nitrogen and oxygen atoms in total. The molecule has 27 heavy (non-hydrogen) atoms. The van der Waals surface area contributed by atoms with Gasteiger partial charge in [0.05, 0.1) is 12.3 Å². The number of rotatable bonds is 6. The van der Waals surface area contributed by atoms with Crippen molar-refractivity contribution in [2.75, 3.05) is 11.9 Å². The lowest BCUT2D eigenvalue weighted by Gasteiger charge is -2.19. The Kier molecular flexibility index (Phi) is 5.51. The molecule has 0 aliphatic carbocycles. The van der Waals surface area contributed by atoms with Gasteiger partial charge in [-0.3, -0.25) is 10.1 Å². The zero-order chi connectivity index (χ0) is 19.6. The first-order valence-electron chi connectivity index (χ1n) is 9.10. The fourth-order valence-electron chi connectivity index (χ4n) is 2.66. The first-order chi connectivity index (χ1) is 12.7. The molecular weight excluding hydrogens is 360 g/mol. The second kappa shape index (κ2) is 7.68. The Morgan fingerprint density at radius 1 is 1.22 bits per heavy atom. The zero-order valence-electron chi connectivity index (χ0n) is 16.5. The van der Waals surface area contributed by atoms with E-state index in [0.29, 0.717) is 25.4 Å². The number of amides is 1. The number of carbonyl (C=O) groups excluding carboxylic acids is 1. The lowest BCUT2D eigenvalue weighted by Crippen LogP contribution is -2.14. The van der Waals surface area contributed by atoms with Gasteiger partial charge in [-0.2, -0.15) is 4.98 Å². The van der Waals surface area contributed by atoms with E-state index in [0.717, 1.165) is 16.4 Å². The third-order valence-electron chi connectivity index (χ3n) is 4.44. The highest BCUT2D eigenvalue weighted by molar-refractivity contribution is 7.17. The van der Waals surface area contributed by atoms with Crippen LogP contribution in [0.3, 0.4) is 0 Å². The summed E-state index contributed by atoms with van der Waals surface area (Å²) in [4.78, 5) is 18.4. The van der Waals surface area contributed by atoms with Crippen molar-refractivity contribution in [1.82, 2.24) is 14.6 Å². The van der Waals surface area contributed by atoms with Gasteiger partial charge in [-0.1, -0.05) is 44.2 Å². The first kappa shape index (κ1) is 19.4. The maximum Gasteiger partial charge on any atom is 0.250 e. The Hall–Kier alpha value is -2.41. The molecule has 144 valence electrons. The molecule has 7 heteroatoms. The Morgan fingerprint density at radius 2 is 1.93 bits per heavy atom. The van der Waals surface area contributed by atoms with E-state index < -0.39 is 0 Å². The largest absolute Gasteiger partial charge is 0.494 e. The van der Waals surface area contributed by atoms with Crippen molar-refractivity contribution in [3.63, 3.8) is 0 Å². The van der Waals surface area contributed by atoms with E-state index in [1.807, 2.05) is 26.0 Å². The molecule has 0 radical (unpaired) electrons. The van der Waals surface area contributed by atoms with E-state index in [-0.39, 0.29) is 11.3 Å². The summed E-state index contributed by atoms with van der Waals surface area (Å²) in [7, 11) is 0. The number of aryl methyl sites for hydroxylation is 2. The molecule has 3 aromatic rings. The van der Waals surface area contributed by atoms with Crippen molar-refractivity contribution in [2.24, 2.45) is 0 Å². The molecule has 0 bridgehead atoms. The molecule has 0 aliphatic heterocycles. The van der Waals surface area contributed by atoms with Crippen LogP contribution >= 0.6 is 11.3 Å². The number of fused-ring (bicyclic) bond motifs is 1. The predicted octanol–water partition coefficient (Wildman–Crippen LogP) is 4.50. The second-order valence-corrected chi connectivity index (χ2v) is 8.83. The highest BCUT2D eigenvalue weighted by atomic mass is 32.1. The number of nitrogens with zero attached hydrogens (tertiary/aromatic N) is 3. The summed E-state index contributed by atoms with van der Waals surface area (Å²) in [6.07, 6.45) is 0.998. The monoisotopic (exact) mass is 386 g/mol. The van der Waals surface area contributed by atoms with Gasteiger partial charge in [0, 0.05) is 11.3 Å². The van der Waals surface area contributed by atoms with E-state index in [1.54, 1.807) is 15.9 Å². The maximum absolute atomic E-state index is 12.1. The van der Waals surface area contributed by atoms with Gasteiger partial charge >= 0.3 is 0 Å². The van der Waals surface area contributed by atoms with Crippen LogP contribution < -0.4 is 10.1 Å². The van der Waals surface area contributed by atoms with Gasteiger partial charge < -0.3 is 4.74 Å². The summed E-state index contributed by atoms with van der Waals surface area (Å²) >= 11 is 1.57. The van der Waals surface area contributed by atoms with Gasteiger partial charge in [0.25, 0.3) is 0 Å². The molecule has 1 aromatic carbocycles. The molecule has 2 aromatic heterocycles. The number of hydrogen-bond acceptors (Lipinski definition) is 5. The van der Waals surface area contributed by atoms with Crippen LogP contribution in [0.4, 0.5) is 5.95 Å². The lowest BCUT2D eigenvalue weighted by atomic mass is 9.87. The molecule has 0 saturated heterocycles. The summed E-state index contributed by atoms with van der Waals surface area (Å²) in [5, 5.41) is 7.09. The van der Waals surface area contributed by atoms with Crippen molar-refractivity contribution >= 4 is 28.2 Å². The minimum absolute atomic E-state index is 0.102. The van der Waals surface area contributed by atoms with E-state index >= 15 is 0 Å². The summed E-state index contributed by atoms with van der Waals surface area (Å²) in [5.74, 6) is 1.08. The van der Waals surface area contributed by atoms with Crippen molar-refractivity contribution in [1.29, 1.82) is 0 Å². The fraction of sp³-hybridized carbons (Fsp3) is 0.450. The van der Waals surface area contributed by atoms with Gasteiger partial charge in [-0.05, 0) is 43.4 Å². The molecule has 0 saturated carbocycles. The molecule has 2 heterocycles. The molecule has 1 amide bonds. The molecule has 0 fully saturated rings. The van der Waals surface area contributed by atoms with Gasteiger partial charge in [-0.25, -0.2) is 4.52 Å². The van der Waals surface area contributed by atoms with Crippen LogP contribution in [0.15, 0.2) is 24.3 Å². The van der Waals surface area contributed by atoms with Crippen LogP contribution in [0.5, 0.6) is 5.75 Å². The van der Waals surface area contributed by atoms with Crippen molar-refractivity contribution in [2.45, 2.75) is 52.9 Å². The number of carbonyl (C=O) groups is 1. The Bertz CT molecular complexity index is 935. The molecule has 0 atom stereocenters. The first-order valence-corrected chi connectivity index (χ1v) is 9.91. The summed E-state index contributed by atoms with van der Waals surface area (Å²) in [6, 6.07) is 8.13. The third-order valence-corrected chi connectivity index (χ3v) is 5.49. The van der Waals surface area contributed by atoms with Gasteiger partial charge in [0.1, 0.15) is 5.75 Å². The van der Waals surface area contributed by atoms with Crippen LogP contribution in [0.2, 0.25) is 0 Å². The normalized spacial score (nSPS) is 11.7. The summed E-state index contributed by atoms with van der Waals surface area (Å²) in [6.45, 7) is 11.1. The average Bonchev–Trinajstić information content (AvgIpc) is 3.10. The predicted molar refractivity (Wildman–Crippen MR) is 109 cm³/mol. The van der Waals surface area contributed by atoms with Crippen LogP contribution in [0.1, 0.15) is 49.7 Å². The average molecular weight is 387 g/mol. The van der Waals surface area contributed by atoms with Gasteiger partial charge in [-0.15, -0.1) is 5.10 Å². The Morgan fingerprint density at radius 3 is 2.56 bits per heavy atom. The standard InChI is InChI=1S/C20H26N4O2S/c1-13-14(2)27-19-22-18(23-24(13)19)21-17(25)7-6-12-26-16-10-8-15(9-11-16)20(3,4)5/h8-11H,6-7,12H2,1-5H3,(H,21,23,25). The Labute approximate surface area is 163 Å². The lowest BCUT2D eigenvalue weighted by molar-refractivity contribution is -0.116. The number of anilines is 1. The number of nitrogens with one attached hydrogen (secondary N) is 1. The van der Waals surface area contributed by atoms with Crippen LogP contribution in [-0.4, -0.2) is 27.1 Å². The molecule has 0 spiro atoms. The van der Waals surface area contributed by atoms with E-state index in [4.69, 9.17) is 4.74 Å². The van der Waals surface area contributed by atoms with E-state index in [1.165, 1.54) is 10.4 Å². The Balaban J connectivity index is 1.44. The van der Waals surface area contributed by atoms with Gasteiger partial charge in [0.15, 0.2) is 0 Å². The molecule has 1 N–H and O–H groups in total. The fourth-order valence-corrected chi connectivity index (χ4v) is 3.56. The summed E-state index contributed by atoms with van der Waals surface area (Å²) < 4.78 is 7.49. The minimum atomic E-state index is -0.102. The van der Waals surface area contributed by atoms with Gasteiger partial charge in [0.2, 0.25) is 16.8 Å². The number of benzene rings is 1. The molecular formula is C20H26N4O2S. The van der Waals surface area contributed by atoms with Crippen LogP contribution in [-0.2, 0) is 10.2 Å². The van der Waals surface area contributed by atoms with E-state index in [9.17, 15) is 4.79 Å². The summed E-state index contributed by atoms with van der Waals surface area (Å²) in [5.41, 5.74) is 2.45. The highest BCUT2D eigenvalue weighted by Gasteiger charge is 2.14. The maximum atomic E-state index is 12.1. The van der Waals surface area contributed by atoms with Crippen LogP contribution in [0.25, 0.3) is 4.96 Å². The van der Waals surface area contributed by atoms with Crippen molar-refractivity contribution < 1.29 is 9.53 Å². The molecule has 0 aliphatic rings. The minimum Gasteiger partial charge on any atom is -0.494 e. The van der Waals surface area contributed by atoms with E-state index in [2.05, 4.69) is 48.3 Å². The third kappa shape index (κ3) is 4.66. The number of ether oxygens (including phenoxy) is 1. The SMILES string of the molecule is Cc1sc2nc(NC(=O)CCCOc3ccc(C(C)(C)C)cc3)nn2c1C. The highest BCUT2D eigenvalue weighted by Crippen LogP contribution is 2.24. The molecule has 3 rings (SSSR count). The van der Waals surface area contributed by atoms with Crippen LogP contribution in [0, 0.1) is 13.8 Å².